The predicted molar refractivity (Wildman–Crippen MR) is 167 cm³/mol. The number of ether oxygens (including phenoxy) is 2. The molecule has 1 aromatic heterocycles. The van der Waals surface area contributed by atoms with Gasteiger partial charge < -0.3 is 29.7 Å². The van der Waals surface area contributed by atoms with E-state index in [0.717, 1.165) is 66.2 Å². The van der Waals surface area contributed by atoms with Crippen LogP contribution in [0.2, 0.25) is 0 Å². The van der Waals surface area contributed by atoms with Gasteiger partial charge in [-0.2, -0.15) is 0 Å². The summed E-state index contributed by atoms with van der Waals surface area (Å²) in [5.74, 6) is -0.283. The molecule has 5 rings (SSSR count). The normalized spacial score (nSPS) is 15.8. The second kappa shape index (κ2) is 13.6. The fourth-order valence-electron chi connectivity index (χ4n) is 6.10. The van der Waals surface area contributed by atoms with Crippen LogP contribution in [0.3, 0.4) is 0 Å². The lowest BCUT2D eigenvalue weighted by atomic mass is 9.94. The first kappa shape index (κ1) is 30.5. The van der Waals surface area contributed by atoms with Crippen LogP contribution >= 0.6 is 0 Å². The number of pyridine rings is 1. The summed E-state index contributed by atoms with van der Waals surface area (Å²) in [6.07, 6.45) is 1.85. The third kappa shape index (κ3) is 6.84. The van der Waals surface area contributed by atoms with Gasteiger partial charge in [0.15, 0.2) is 0 Å². The van der Waals surface area contributed by atoms with E-state index in [4.69, 9.17) is 9.47 Å². The number of aromatic nitrogens is 1. The first-order chi connectivity index (χ1) is 20.8. The molecule has 2 aliphatic heterocycles. The second-order valence-corrected chi connectivity index (χ2v) is 11.3. The predicted octanol–water partition coefficient (Wildman–Crippen LogP) is 4.79. The van der Waals surface area contributed by atoms with Gasteiger partial charge in [0.25, 0.3) is 11.8 Å². The second-order valence-electron chi connectivity index (χ2n) is 11.3. The number of hydrogen-bond acceptors (Lipinski definition) is 7. The smallest absolute Gasteiger partial charge is 0.254 e. The van der Waals surface area contributed by atoms with Crippen molar-refractivity contribution in [3.8, 4) is 17.0 Å². The summed E-state index contributed by atoms with van der Waals surface area (Å²) in [6, 6.07) is 13.9. The van der Waals surface area contributed by atoms with Crippen LogP contribution in [-0.2, 0) is 16.0 Å². The lowest BCUT2D eigenvalue weighted by Crippen LogP contribution is -2.40. The number of hydrogen-bond donors (Lipinski definition) is 2. The maximum atomic E-state index is 13.8. The van der Waals surface area contributed by atoms with Gasteiger partial charge in [0.2, 0.25) is 5.88 Å². The zero-order chi connectivity index (χ0) is 30.5. The Morgan fingerprint density at radius 1 is 0.977 bits per heavy atom. The summed E-state index contributed by atoms with van der Waals surface area (Å²) in [6.45, 7) is 12.6. The van der Waals surface area contributed by atoms with Crippen LogP contribution in [0.25, 0.3) is 11.1 Å². The molecule has 2 fully saturated rings. The Morgan fingerprint density at radius 3 is 2.30 bits per heavy atom. The topological polar surface area (TPSA) is 104 Å². The Morgan fingerprint density at radius 2 is 1.65 bits per heavy atom. The minimum atomic E-state index is -0.220. The average Bonchev–Trinajstić information content (AvgIpc) is 3.02. The zero-order valence-electron chi connectivity index (χ0n) is 25.6. The van der Waals surface area contributed by atoms with E-state index >= 15 is 0 Å². The Labute approximate surface area is 253 Å². The third-order valence-corrected chi connectivity index (χ3v) is 8.55. The highest BCUT2D eigenvalue weighted by Crippen LogP contribution is 2.34. The van der Waals surface area contributed by atoms with Gasteiger partial charge in [0, 0.05) is 73.5 Å². The van der Waals surface area contributed by atoms with Crippen molar-refractivity contribution < 1.29 is 24.2 Å². The van der Waals surface area contributed by atoms with Crippen LogP contribution in [0.1, 0.15) is 62.9 Å². The van der Waals surface area contributed by atoms with Crippen LogP contribution in [0.5, 0.6) is 5.88 Å². The lowest BCUT2D eigenvalue weighted by molar-refractivity contribution is 0.0303. The van der Waals surface area contributed by atoms with Crippen molar-refractivity contribution in [3.05, 3.63) is 76.0 Å². The Hall–Kier alpha value is -3.95. The van der Waals surface area contributed by atoms with Gasteiger partial charge in [-0.25, -0.2) is 4.98 Å². The minimum Gasteiger partial charge on any atom is -0.493 e. The molecule has 3 heterocycles. The standard InChI is InChI=1S/C34H42N4O5/c1-5-38(28-10-14-42-15-11-28)31-20-27(25-6-8-26(9-7-25)34(41)37-12-16-43-17-13-37)19-29(24(31)4)32(39)35-21-30-22(2)18-23(3)36-33(30)40/h6-9,18-20,28H,5,10-17,21H2,1-4H3,(H,35,39)(H,36,40). The summed E-state index contributed by atoms with van der Waals surface area (Å²) in [7, 11) is 0. The van der Waals surface area contributed by atoms with E-state index in [1.54, 1.807) is 0 Å². The molecule has 0 unspecified atom stereocenters. The van der Waals surface area contributed by atoms with Gasteiger partial charge in [-0.1, -0.05) is 12.1 Å². The lowest BCUT2D eigenvalue weighted by Gasteiger charge is -2.37. The van der Waals surface area contributed by atoms with Crippen molar-refractivity contribution in [1.29, 1.82) is 0 Å². The number of rotatable bonds is 8. The van der Waals surface area contributed by atoms with Crippen LogP contribution in [0.15, 0.2) is 42.5 Å². The van der Waals surface area contributed by atoms with Crippen molar-refractivity contribution in [2.24, 2.45) is 0 Å². The van der Waals surface area contributed by atoms with Crippen LogP contribution in [0.4, 0.5) is 5.69 Å². The minimum absolute atomic E-state index is 0.000305. The summed E-state index contributed by atoms with van der Waals surface area (Å²) >= 11 is 0. The highest BCUT2D eigenvalue weighted by Gasteiger charge is 2.25. The fraction of sp³-hybridized carbons (Fsp3) is 0.441. The first-order valence-corrected chi connectivity index (χ1v) is 15.2. The SMILES string of the molecule is CCN(c1cc(-c2ccc(C(=O)N3CCOCC3)cc2)cc(C(=O)NCc2c(C)cc(C)nc2O)c1C)C1CCOCC1. The van der Waals surface area contributed by atoms with Gasteiger partial charge >= 0.3 is 0 Å². The molecule has 2 N–H and O–H groups in total. The van der Waals surface area contributed by atoms with E-state index in [1.807, 2.05) is 62.1 Å². The van der Waals surface area contributed by atoms with E-state index in [0.29, 0.717) is 49.0 Å². The van der Waals surface area contributed by atoms with Gasteiger partial charge in [-0.15, -0.1) is 0 Å². The molecular formula is C34H42N4O5. The number of aromatic hydroxyl groups is 1. The highest BCUT2D eigenvalue weighted by molar-refractivity contribution is 5.99. The molecule has 0 radical (unpaired) electrons. The molecular weight excluding hydrogens is 544 g/mol. The number of carbonyl (C=O) groups excluding carboxylic acids is 2. The van der Waals surface area contributed by atoms with E-state index in [-0.39, 0.29) is 24.2 Å². The van der Waals surface area contributed by atoms with Crippen molar-refractivity contribution in [2.45, 2.75) is 53.1 Å². The monoisotopic (exact) mass is 586 g/mol. The van der Waals surface area contributed by atoms with Gasteiger partial charge in [-0.05, 0) is 93.1 Å². The number of nitrogens with zero attached hydrogens (tertiary/aromatic N) is 3. The Bertz CT molecular complexity index is 1440. The van der Waals surface area contributed by atoms with E-state index in [1.165, 1.54) is 0 Å². The fourth-order valence-corrected chi connectivity index (χ4v) is 6.10. The van der Waals surface area contributed by atoms with Crippen LogP contribution < -0.4 is 10.2 Å². The number of benzene rings is 2. The van der Waals surface area contributed by atoms with Gasteiger partial charge in [0.05, 0.1) is 13.2 Å². The van der Waals surface area contributed by atoms with Crippen molar-refractivity contribution in [3.63, 3.8) is 0 Å². The summed E-state index contributed by atoms with van der Waals surface area (Å²) in [5.41, 5.74) is 7.15. The zero-order valence-corrected chi connectivity index (χ0v) is 25.6. The van der Waals surface area contributed by atoms with Crippen molar-refractivity contribution in [1.82, 2.24) is 15.2 Å². The van der Waals surface area contributed by atoms with Crippen molar-refractivity contribution in [2.75, 3.05) is 51.0 Å². The number of carbonyl (C=O) groups is 2. The molecule has 9 nitrogen and oxygen atoms in total. The molecule has 228 valence electrons. The van der Waals surface area contributed by atoms with E-state index < -0.39 is 0 Å². The van der Waals surface area contributed by atoms with Crippen LogP contribution in [0, 0.1) is 20.8 Å². The number of amides is 2. The van der Waals surface area contributed by atoms with Crippen LogP contribution in [-0.4, -0.2) is 78.9 Å². The number of aryl methyl sites for hydroxylation is 2. The molecule has 2 aromatic carbocycles. The quantitative estimate of drug-likeness (QED) is 0.391. The molecule has 3 aromatic rings. The Balaban J connectivity index is 1.48. The maximum Gasteiger partial charge on any atom is 0.254 e. The molecule has 0 saturated carbocycles. The largest absolute Gasteiger partial charge is 0.493 e. The molecule has 0 bridgehead atoms. The molecule has 0 spiro atoms. The van der Waals surface area contributed by atoms with Gasteiger partial charge in [0.1, 0.15) is 0 Å². The van der Waals surface area contributed by atoms with Crippen molar-refractivity contribution >= 4 is 17.5 Å². The third-order valence-electron chi connectivity index (χ3n) is 8.55. The van der Waals surface area contributed by atoms with E-state index in [9.17, 15) is 14.7 Å². The highest BCUT2D eigenvalue weighted by atomic mass is 16.5. The molecule has 0 atom stereocenters. The molecule has 2 saturated heterocycles. The number of anilines is 1. The van der Waals surface area contributed by atoms with Gasteiger partial charge in [-0.3, -0.25) is 9.59 Å². The summed E-state index contributed by atoms with van der Waals surface area (Å²) < 4.78 is 11.0. The summed E-state index contributed by atoms with van der Waals surface area (Å²) in [4.78, 5) is 35.1. The van der Waals surface area contributed by atoms with E-state index in [2.05, 4.69) is 28.2 Å². The molecule has 43 heavy (non-hydrogen) atoms. The molecule has 0 aliphatic carbocycles. The summed E-state index contributed by atoms with van der Waals surface area (Å²) in [5, 5.41) is 13.5. The number of nitrogens with one attached hydrogen (secondary N) is 1. The maximum absolute atomic E-state index is 13.8. The Kier molecular flexibility index (Phi) is 9.62. The first-order valence-electron chi connectivity index (χ1n) is 15.2. The molecule has 2 amide bonds. The molecule has 2 aliphatic rings. The molecule has 9 heteroatoms. The number of morpholine rings is 1. The average molecular weight is 587 g/mol.